The van der Waals surface area contributed by atoms with Gasteiger partial charge in [-0.3, -0.25) is 10.1 Å². The number of hydrogen-bond acceptors (Lipinski definition) is 6. The molecule has 21 heavy (non-hydrogen) atoms. The van der Waals surface area contributed by atoms with Gasteiger partial charge in [-0.25, -0.2) is 4.98 Å². The van der Waals surface area contributed by atoms with Gasteiger partial charge in [0.15, 0.2) is 5.13 Å². The Hall–Kier alpha value is -2.67. The molecule has 1 amide bonds. The first-order valence-corrected chi connectivity index (χ1v) is 7.03. The normalized spacial score (nSPS) is 10.3. The monoisotopic (exact) mass is 301 g/mol. The number of rotatable bonds is 5. The molecule has 0 atom stereocenters. The molecule has 0 aliphatic carbocycles. The molecule has 2 aromatic heterocycles. The highest BCUT2D eigenvalue weighted by atomic mass is 32.1. The van der Waals surface area contributed by atoms with E-state index in [9.17, 15) is 4.79 Å². The van der Waals surface area contributed by atoms with Gasteiger partial charge in [0.25, 0.3) is 11.8 Å². The van der Waals surface area contributed by atoms with Gasteiger partial charge in [0, 0.05) is 11.6 Å². The van der Waals surface area contributed by atoms with Gasteiger partial charge in [0.1, 0.15) is 6.61 Å². The molecular formula is C14H11N3O3S. The number of thiazole rings is 1. The predicted molar refractivity (Wildman–Crippen MR) is 77.3 cm³/mol. The van der Waals surface area contributed by atoms with Crippen LogP contribution < -0.4 is 10.1 Å². The first kappa shape index (κ1) is 13.3. The zero-order chi connectivity index (χ0) is 14.5. The van der Waals surface area contributed by atoms with Crippen LogP contribution in [0.2, 0.25) is 0 Å². The summed E-state index contributed by atoms with van der Waals surface area (Å²) in [5.41, 5.74) is 1.01. The number of amides is 1. The molecule has 0 spiro atoms. The van der Waals surface area contributed by atoms with Crippen molar-refractivity contribution in [2.75, 3.05) is 5.32 Å². The number of ether oxygens (including phenoxy) is 1. The summed E-state index contributed by atoms with van der Waals surface area (Å²) >= 11 is 1.32. The van der Waals surface area contributed by atoms with Crippen LogP contribution in [-0.2, 0) is 6.61 Å². The summed E-state index contributed by atoms with van der Waals surface area (Å²) in [5, 5.41) is 8.58. The summed E-state index contributed by atoms with van der Waals surface area (Å²) in [5.74, 6) is -0.0663. The lowest BCUT2D eigenvalue weighted by Crippen LogP contribution is -2.10. The molecule has 0 saturated heterocycles. The minimum atomic E-state index is -0.410. The second-order valence-electron chi connectivity index (χ2n) is 4.10. The molecule has 3 rings (SSSR count). The molecule has 0 bridgehead atoms. The third kappa shape index (κ3) is 3.46. The Morgan fingerprint density at radius 3 is 2.95 bits per heavy atom. The predicted octanol–water partition coefficient (Wildman–Crippen LogP) is 2.96. The van der Waals surface area contributed by atoms with Gasteiger partial charge in [0.2, 0.25) is 5.76 Å². The number of carbonyl (C=O) groups is 1. The van der Waals surface area contributed by atoms with E-state index in [1.165, 1.54) is 17.4 Å². The van der Waals surface area contributed by atoms with Crippen LogP contribution in [0.3, 0.4) is 0 Å². The van der Waals surface area contributed by atoms with E-state index >= 15 is 0 Å². The van der Waals surface area contributed by atoms with E-state index in [2.05, 4.69) is 15.5 Å². The lowest BCUT2D eigenvalue weighted by Gasteiger charge is -2.00. The van der Waals surface area contributed by atoms with E-state index in [4.69, 9.17) is 9.26 Å². The molecule has 0 radical (unpaired) electrons. The second-order valence-corrected chi connectivity index (χ2v) is 4.99. The third-order valence-corrected chi connectivity index (χ3v) is 3.28. The number of nitrogens with zero attached hydrogens (tertiary/aromatic N) is 2. The molecule has 0 aliphatic rings. The Labute approximate surface area is 124 Å². The molecule has 0 aliphatic heterocycles. The highest BCUT2D eigenvalue weighted by Crippen LogP contribution is 2.16. The van der Waals surface area contributed by atoms with Crippen LogP contribution >= 0.6 is 11.3 Å². The van der Waals surface area contributed by atoms with Crippen LogP contribution in [-0.4, -0.2) is 16.0 Å². The SMILES string of the molecule is O=C(Nc1nccs1)c1cc(OCc2ccccc2)no1. The fraction of sp³-hybridized carbons (Fsp3) is 0.0714. The summed E-state index contributed by atoms with van der Waals surface area (Å²) in [7, 11) is 0. The Morgan fingerprint density at radius 1 is 1.33 bits per heavy atom. The summed E-state index contributed by atoms with van der Waals surface area (Å²) in [4.78, 5) is 15.8. The van der Waals surface area contributed by atoms with Crippen LogP contribution in [0, 0.1) is 0 Å². The van der Waals surface area contributed by atoms with Crippen molar-refractivity contribution in [1.82, 2.24) is 10.1 Å². The Kier molecular flexibility index (Phi) is 3.92. The smallest absolute Gasteiger partial charge is 0.296 e. The van der Waals surface area contributed by atoms with Gasteiger partial charge in [0.05, 0.1) is 6.07 Å². The maximum atomic E-state index is 11.9. The number of benzene rings is 1. The van der Waals surface area contributed by atoms with Crippen molar-refractivity contribution in [2.45, 2.75) is 6.61 Å². The summed E-state index contributed by atoms with van der Waals surface area (Å²) < 4.78 is 10.4. The highest BCUT2D eigenvalue weighted by molar-refractivity contribution is 7.13. The van der Waals surface area contributed by atoms with Gasteiger partial charge >= 0.3 is 0 Å². The van der Waals surface area contributed by atoms with E-state index in [1.807, 2.05) is 30.3 Å². The number of anilines is 1. The van der Waals surface area contributed by atoms with Crippen LogP contribution in [0.4, 0.5) is 5.13 Å². The molecule has 106 valence electrons. The zero-order valence-corrected chi connectivity index (χ0v) is 11.7. The molecule has 6 nitrogen and oxygen atoms in total. The molecule has 7 heteroatoms. The Bertz CT molecular complexity index is 710. The van der Waals surface area contributed by atoms with Crippen molar-refractivity contribution in [3.63, 3.8) is 0 Å². The largest absolute Gasteiger partial charge is 0.471 e. The minimum Gasteiger partial charge on any atom is -0.471 e. The van der Waals surface area contributed by atoms with Crippen molar-refractivity contribution >= 4 is 22.4 Å². The number of nitrogens with one attached hydrogen (secondary N) is 1. The first-order chi connectivity index (χ1) is 10.3. The summed E-state index contributed by atoms with van der Waals surface area (Å²) in [6.07, 6.45) is 1.61. The lowest BCUT2D eigenvalue weighted by molar-refractivity contribution is 0.0987. The minimum absolute atomic E-state index is 0.0771. The lowest BCUT2D eigenvalue weighted by atomic mass is 10.2. The number of aromatic nitrogens is 2. The van der Waals surface area contributed by atoms with Crippen molar-refractivity contribution in [3.8, 4) is 5.88 Å². The van der Waals surface area contributed by atoms with Crippen molar-refractivity contribution < 1.29 is 14.1 Å². The van der Waals surface area contributed by atoms with Crippen molar-refractivity contribution in [3.05, 3.63) is 59.3 Å². The van der Waals surface area contributed by atoms with Gasteiger partial charge in [-0.05, 0) is 10.7 Å². The number of hydrogen-bond donors (Lipinski definition) is 1. The fourth-order valence-electron chi connectivity index (χ4n) is 1.61. The summed E-state index contributed by atoms with van der Waals surface area (Å²) in [6, 6.07) is 11.1. The Morgan fingerprint density at radius 2 is 2.19 bits per heavy atom. The van der Waals surface area contributed by atoms with Crippen molar-refractivity contribution in [1.29, 1.82) is 0 Å². The van der Waals surface area contributed by atoms with E-state index in [-0.39, 0.29) is 11.6 Å². The van der Waals surface area contributed by atoms with Crippen LogP contribution in [0.5, 0.6) is 5.88 Å². The Balaban J connectivity index is 1.59. The maximum Gasteiger partial charge on any atom is 0.296 e. The van der Waals surface area contributed by atoms with Gasteiger partial charge < -0.3 is 9.26 Å². The summed E-state index contributed by atoms with van der Waals surface area (Å²) in [6.45, 7) is 0.362. The highest BCUT2D eigenvalue weighted by Gasteiger charge is 2.14. The molecular weight excluding hydrogens is 290 g/mol. The van der Waals surface area contributed by atoms with Gasteiger partial charge in [-0.15, -0.1) is 11.3 Å². The second kappa shape index (κ2) is 6.19. The molecule has 0 saturated carbocycles. The molecule has 0 fully saturated rings. The molecule has 3 aromatic rings. The first-order valence-electron chi connectivity index (χ1n) is 6.15. The molecule has 2 heterocycles. The molecule has 0 unspecified atom stereocenters. The molecule has 1 N–H and O–H groups in total. The van der Waals surface area contributed by atoms with E-state index in [0.717, 1.165) is 5.56 Å². The topological polar surface area (TPSA) is 77.2 Å². The van der Waals surface area contributed by atoms with Crippen molar-refractivity contribution in [2.24, 2.45) is 0 Å². The van der Waals surface area contributed by atoms with Crippen LogP contribution in [0.1, 0.15) is 16.1 Å². The third-order valence-electron chi connectivity index (χ3n) is 2.59. The van der Waals surface area contributed by atoms with E-state index in [0.29, 0.717) is 11.7 Å². The van der Waals surface area contributed by atoms with Gasteiger partial charge in [-0.2, -0.15) is 0 Å². The average Bonchev–Trinajstić information content (AvgIpc) is 3.17. The van der Waals surface area contributed by atoms with E-state index in [1.54, 1.807) is 11.6 Å². The quantitative estimate of drug-likeness (QED) is 0.784. The zero-order valence-electron chi connectivity index (χ0n) is 10.9. The van der Waals surface area contributed by atoms with Gasteiger partial charge in [-0.1, -0.05) is 30.3 Å². The fourth-order valence-corrected chi connectivity index (χ4v) is 2.13. The average molecular weight is 301 g/mol. The van der Waals surface area contributed by atoms with Crippen LogP contribution in [0.15, 0.2) is 52.5 Å². The standard InChI is InChI=1S/C14H11N3O3S/c18-13(16-14-15-6-7-21-14)11-8-12(17-20-11)19-9-10-4-2-1-3-5-10/h1-8H,9H2,(H,15,16,18). The van der Waals surface area contributed by atoms with Crippen LogP contribution in [0.25, 0.3) is 0 Å². The molecule has 1 aromatic carbocycles. The van der Waals surface area contributed by atoms with E-state index < -0.39 is 5.91 Å². The maximum absolute atomic E-state index is 11.9. The number of carbonyl (C=O) groups excluding carboxylic acids is 1.